The van der Waals surface area contributed by atoms with Crippen LogP contribution in [0.3, 0.4) is 0 Å². The lowest BCUT2D eigenvalue weighted by atomic mass is 10.2. The number of carbonyl (C=O) groups is 1. The number of hydrogen-bond donors (Lipinski definition) is 5. The SMILES string of the molecule is O=C(CNc1n[nH]c(=O)[nH]c1=O)NN=Cc1ccc(O)cc1. The van der Waals surface area contributed by atoms with Crippen molar-refractivity contribution in [2.75, 3.05) is 11.9 Å². The molecule has 1 heterocycles. The molecule has 5 N–H and O–H groups in total. The summed E-state index contributed by atoms with van der Waals surface area (Å²) in [5.41, 5.74) is 1.46. The van der Waals surface area contributed by atoms with Gasteiger partial charge in [-0.15, -0.1) is 5.10 Å². The highest BCUT2D eigenvalue weighted by atomic mass is 16.3. The number of phenols is 1. The third kappa shape index (κ3) is 4.30. The van der Waals surface area contributed by atoms with Gasteiger partial charge < -0.3 is 10.4 Å². The summed E-state index contributed by atoms with van der Waals surface area (Å²) in [6.07, 6.45) is 1.39. The van der Waals surface area contributed by atoms with Gasteiger partial charge in [0.05, 0.1) is 12.8 Å². The summed E-state index contributed by atoms with van der Waals surface area (Å²) in [7, 11) is 0. The number of nitrogens with one attached hydrogen (secondary N) is 4. The predicted molar refractivity (Wildman–Crippen MR) is 77.8 cm³/mol. The summed E-state index contributed by atoms with van der Waals surface area (Å²) in [5.74, 6) is -0.566. The molecular formula is C12H12N6O4. The first-order chi connectivity index (χ1) is 10.5. The molecule has 2 aromatic rings. The molecule has 0 saturated carbocycles. The summed E-state index contributed by atoms with van der Waals surface area (Å²) < 4.78 is 0. The predicted octanol–water partition coefficient (Wildman–Crippen LogP) is -1.27. The van der Waals surface area contributed by atoms with Gasteiger partial charge in [0.25, 0.3) is 11.5 Å². The Hall–Kier alpha value is -3.43. The zero-order chi connectivity index (χ0) is 15.9. The summed E-state index contributed by atoms with van der Waals surface area (Å²) in [6, 6.07) is 6.21. The number of nitrogens with zero attached hydrogens (tertiary/aromatic N) is 2. The largest absolute Gasteiger partial charge is 0.508 e. The minimum absolute atomic E-state index is 0.129. The molecule has 10 heteroatoms. The van der Waals surface area contributed by atoms with Crippen molar-refractivity contribution in [2.24, 2.45) is 5.10 Å². The number of rotatable bonds is 5. The van der Waals surface area contributed by atoms with E-state index in [2.05, 4.69) is 20.9 Å². The Bertz CT molecular complexity index is 792. The number of amides is 1. The quantitative estimate of drug-likeness (QED) is 0.343. The molecule has 0 bridgehead atoms. The summed E-state index contributed by atoms with van der Waals surface area (Å²) in [5, 5.41) is 20.8. The molecule has 22 heavy (non-hydrogen) atoms. The molecule has 0 aliphatic rings. The van der Waals surface area contributed by atoms with Gasteiger partial charge in [0.15, 0.2) is 0 Å². The van der Waals surface area contributed by atoms with E-state index in [0.717, 1.165) is 0 Å². The Balaban J connectivity index is 1.84. The average molecular weight is 304 g/mol. The molecule has 2 rings (SSSR count). The minimum Gasteiger partial charge on any atom is -0.508 e. The number of hydrogen-bond acceptors (Lipinski definition) is 7. The fourth-order valence-electron chi connectivity index (χ4n) is 1.41. The number of aromatic hydroxyl groups is 1. The molecule has 114 valence electrons. The van der Waals surface area contributed by atoms with Gasteiger partial charge >= 0.3 is 5.69 Å². The topological polar surface area (TPSA) is 152 Å². The van der Waals surface area contributed by atoms with Crippen LogP contribution < -0.4 is 22.0 Å². The van der Waals surface area contributed by atoms with Crippen LogP contribution in [0.15, 0.2) is 39.0 Å². The van der Waals surface area contributed by atoms with Gasteiger partial charge in [-0.25, -0.2) is 15.3 Å². The molecule has 0 spiro atoms. The first-order valence-corrected chi connectivity index (χ1v) is 6.08. The van der Waals surface area contributed by atoms with E-state index in [9.17, 15) is 14.4 Å². The number of aromatic amines is 2. The van der Waals surface area contributed by atoms with Crippen LogP contribution in [-0.4, -0.2) is 39.0 Å². The molecule has 0 aliphatic carbocycles. The van der Waals surface area contributed by atoms with E-state index in [0.29, 0.717) is 5.56 Å². The first-order valence-electron chi connectivity index (χ1n) is 6.08. The first kappa shape index (κ1) is 15.0. The molecule has 1 aromatic carbocycles. The monoisotopic (exact) mass is 304 g/mol. The van der Waals surface area contributed by atoms with Crippen LogP contribution in [0.1, 0.15) is 5.56 Å². The van der Waals surface area contributed by atoms with Gasteiger partial charge in [0.1, 0.15) is 5.75 Å². The summed E-state index contributed by atoms with van der Waals surface area (Å²) >= 11 is 0. The van der Waals surface area contributed by atoms with Crippen molar-refractivity contribution in [1.82, 2.24) is 20.6 Å². The van der Waals surface area contributed by atoms with E-state index in [4.69, 9.17) is 5.11 Å². The second-order valence-electron chi connectivity index (χ2n) is 4.09. The Labute approximate surface area is 122 Å². The lowest BCUT2D eigenvalue weighted by molar-refractivity contribution is -0.119. The number of H-pyrrole nitrogens is 2. The van der Waals surface area contributed by atoms with Crippen LogP contribution in [-0.2, 0) is 4.79 Å². The highest BCUT2D eigenvalue weighted by molar-refractivity contribution is 5.84. The Kier molecular flexibility index (Phi) is 4.65. The van der Waals surface area contributed by atoms with Crippen molar-refractivity contribution in [3.63, 3.8) is 0 Å². The van der Waals surface area contributed by atoms with Crippen LogP contribution in [0, 0.1) is 0 Å². The maximum atomic E-state index is 11.5. The molecular weight excluding hydrogens is 292 g/mol. The number of phenolic OH excluding ortho intramolecular Hbond substituents is 1. The van der Waals surface area contributed by atoms with Crippen LogP contribution in [0.25, 0.3) is 0 Å². The van der Waals surface area contributed by atoms with Crippen molar-refractivity contribution < 1.29 is 9.90 Å². The zero-order valence-corrected chi connectivity index (χ0v) is 11.2. The fourth-order valence-corrected chi connectivity index (χ4v) is 1.41. The molecule has 0 saturated heterocycles. The van der Waals surface area contributed by atoms with Crippen LogP contribution in [0.5, 0.6) is 5.75 Å². The van der Waals surface area contributed by atoms with Crippen molar-refractivity contribution in [3.8, 4) is 5.75 Å². The smallest absolute Gasteiger partial charge is 0.342 e. The normalized spacial score (nSPS) is 10.5. The van der Waals surface area contributed by atoms with Gasteiger partial charge in [-0.2, -0.15) is 5.10 Å². The summed E-state index contributed by atoms with van der Waals surface area (Å²) in [6.45, 7) is -0.255. The number of hydrazone groups is 1. The lowest BCUT2D eigenvalue weighted by Gasteiger charge is -2.02. The highest BCUT2D eigenvalue weighted by Gasteiger charge is 2.04. The number of carbonyl (C=O) groups excluding carboxylic acids is 1. The van der Waals surface area contributed by atoms with Crippen molar-refractivity contribution in [3.05, 3.63) is 50.7 Å². The second-order valence-corrected chi connectivity index (χ2v) is 4.09. The van der Waals surface area contributed by atoms with E-state index in [-0.39, 0.29) is 18.1 Å². The Morgan fingerprint density at radius 1 is 1.32 bits per heavy atom. The molecule has 0 unspecified atom stereocenters. The zero-order valence-electron chi connectivity index (χ0n) is 11.2. The minimum atomic E-state index is -0.738. The third-order valence-electron chi connectivity index (χ3n) is 2.42. The molecule has 0 atom stereocenters. The number of anilines is 1. The molecule has 1 amide bonds. The summed E-state index contributed by atoms with van der Waals surface area (Å²) in [4.78, 5) is 35.5. The van der Waals surface area contributed by atoms with Crippen LogP contribution in [0.2, 0.25) is 0 Å². The van der Waals surface area contributed by atoms with Crippen molar-refractivity contribution in [2.45, 2.75) is 0 Å². The van der Waals surface area contributed by atoms with E-state index in [1.807, 2.05) is 10.1 Å². The molecule has 0 fully saturated rings. The molecule has 0 aliphatic heterocycles. The van der Waals surface area contributed by atoms with Gasteiger partial charge in [0, 0.05) is 0 Å². The van der Waals surface area contributed by atoms with Crippen molar-refractivity contribution >= 4 is 17.9 Å². The Morgan fingerprint density at radius 2 is 2.05 bits per heavy atom. The molecule has 10 nitrogen and oxygen atoms in total. The van der Waals surface area contributed by atoms with E-state index in [1.165, 1.54) is 18.3 Å². The van der Waals surface area contributed by atoms with E-state index < -0.39 is 17.2 Å². The van der Waals surface area contributed by atoms with Gasteiger partial charge in [-0.3, -0.25) is 14.6 Å². The second kappa shape index (κ2) is 6.83. The maximum Gasteiger partial charge on any atom is 0.342 e. The third-order valence-corrected chi connectivity index (χ3v) is 2.42. The van der Waals surface area contributed by atoms with Crippen molar-refractivity contribution in [1.29, 1.82) is 0 Å². The number of benzene rings is 1. The van der Waals surface area contributed by atoms with Gasteiger partial charge in [-0.1, -0.05) is 0 Å². The van der Waals surface area contributed by atoms with Gasteiger partial charge in [-0.05, 0) is 29.8 Å². The highest BCUT2D eigenvalue weighted by Crippen LogP contribution is 2.07. The fraction of sp³-hybridized carbons (Fsp3) is 0.0833. The van der Waals surface area contributed by atoms with E-state index >= 15 is 0 Å². The standard InChI is InChI=1S/C12H12N6O4/c19-8-3-1-7(2-4-8)5-14-16-9(20)6-13-10-11(21)15-12(22)18-17-10/h1-5,19H,6H2,(H,13,17)(H,16,20)(H2,15,18,21,22). The van der Waals surface area contributed by atoms with Gasteiger partial charge in [0.2, 0.25) is 5.82 Å². The maximum absolute atomic E-state index is 11.5. The lowest BCUT2D eigenvalue weighted by Crippen LogP contribution is -2.31. The van der Waals surface area contributed by atoms with Crippen LogP contribution in [0.4, 0.5) is 5.82 Å². The molecule has 0 radical (unpaired) electrons. The Morgan fingerprint density at radius 3 is 2.73 bits per heavy atom. The number of aromatic nitrogens is 3. The average Bonchev–Trinajstić information content (AvgIpc) is 2.48. The van der Waals surface area contributed by atoms with E-state index in [1.54, 1.807) is 12.1 Å². The van der Waals surface area contributed by atoms with Crippen LogP contribution >= 0.6 is 0 Å². The molecule has 1 aromatic heterocycles.